The van der Waals surface area contributed by atoms with Crippen LogP contribution in [0.1, 0.15) is 32.8 Å². The normalized spacial score (nSPS) is 13.9. The highest BCUT2D eigenvalue weighted by Gasteiger charge is 2.22. The second-order valence-electron chi connectivity index (χ2n) is 5.35. The first-order valence-corrected chi connectivity index (χ1v) is 6.02. The highest BCUT2D eigenvalue weighted by molar-refractivity contribution is 5.79. The van der Waals surface area contributed by atoms with Crippen LogP contribution in [0.2, 0.25) is 0 Å². The second-order valence-corrected chi connectivity index (χ2v) is 5.35. The average Bonchev–Trinajstić information content (AvgIpc) is 2.26. The van der Waals surface area contributed by atoms with Crippen LogP contribution in [0.3, 0.4) is 0 Å². The van der Waals surface area contributed by atoms with Crippen molar-refractivity contribution in [2.75, 3.05) is 0 Å². The molecule has 2 nitrogen and oxygen atoms in total. The first-order chi connectivity index (χ1) is 7.99. The van der Waals surface area contributed by atoms with Crippen LogP contribution in [0.4, 0.5) is 0 Å². The Kier molecular flexibility index (Phi) is 3.16. The van der Waals surface area contributed by atoms with Gasteiger partial charge in [0.2, 0.25) is 0 Å². The number of aromatic nitrogens is 1. The molecular weight excluding hydrogens is 210 g/mol. The maximum atomic E-state index is 9.55. The molecule has 1 N–H and O–H groups in total. The van der Waals surface area contributed by atoms with Crippen molar-refractivity contribution in [1.29, 1.82) is 0 Å². The third-order valence-electron chi connectivity index (χ3n) is 3.19. The number of benzene rings is 1. The number of aliphatic hydroxyl groups excluding tert-OH is 1. The molecule has 1 unspecified atom stereocenters. The fourth-order valence-electron chi connectivity index (χ4n) is 2.35. The van der Waals surface area contributed by atoms with Crippen molar-refractivity contribution < 1.29 is 5.11 Å². The number of pyridine rings is 1. The van der Waals surface area contributed by atoms with Gasteiger partial charge >= 0.3 is 0 Å². The molecule has 2 heteroatoms. The summed E-state index contributed by atoms with van der Waals surface area (Å²) >= 11 is 0. The maximum Gasteiger partial charge on any atom is 0.0702 e. The molecule has 0 bridgehead atoms. The van der Waals surface area contributed by atoms with E-state index in [2.05, 4.69) is 43.1 Å². The van der Waals surface area contributed by atoms with E-state index in [9.17, 15) is 5.11 Å². The zero-order chi connectivity index (χ0) is 12.5. The number of fused-ring (bicyclic) bond motifs is 1. The number of rotatable bonds is 3. The molecule has 0 aliphatic heterocycles. The van der Waals surface area contributed by atoms with E-state index < -0.39 is 0 Å². The summed E-state index contributed by atoms with van der Waals surface area (Å²) in [6, 6.07) is 10.4. The maximum absolute atomic E-state index is 9.55. The van der Waals surface area contributed by atoms with Crippen molar-refractivity contribution in [2.45, 2.75) is 38.7 Å². The second kappa shape index (κ2) is 4.46. The number of aliphatic hydroxyl groups is 1. The Morgan fingerprint density at radius 3 is 2.76 bits per heavy atom. The quantitative estimate of drug-likeness (QED) is 0.876. The molecule has 2 rings (SSSR count). The molecule has 1 aromatic heterocycles. The number of nitrogens with zero attached hydrogens (tertiary/aromatic N) is 1. The van der Waals surface area contributed by atoms with E-state index in [4.69, 9.17) is 0 Å². The van der Waals surface area contributed by atoms with Crippen molar-refractivity contribution in [1.82, 2.24) is 4.98 Å². The van der Waals surface area contributed by atoms with Crippen LogP contribution in [0.25, 0.3) is 10.9 Å². The van der Waals surface area contributed by atoms with Gasteiger partial charge in [-0.2, -0.15) is 0 Å². The first kappa shape index (κ1) is 12.1. The Hall–Kier alpha value is -1.41. The lowest BCUT2D eigenvalue weighted by molar-refractivity contribution is 0.157. The van der Waals surface area contributed by atoms with Crippen LogP contribution in [0.5, 0.6) is 0 Å². The van der Waals surface area contributed by atoms with E-state index in [1.807, 2.05) is 19.2 Å². The van der Waals surface area contributed by atoms with Gasteiger partial charge in [-0.1, -0.05) is 26.0 Å². The van der Waals surface area contributed by atoms with Gasteiger partial charge in [0.15, 0.2) is 0 Å². The highest BCUT2D eigenvalue weighted by Crippen LogP contribution is 2.30. The van der Waals surface area contributed by atoms with Crippen molar-refractivity contribution in [3.8, 4) is 0 Å². The zero-order valence-corrected chi connectivity index (χ0v) is 10.6. The fourth-order valence-corrected chi connectivity index (χ4v) is 2.35. The minimum absolute atomic E-state index is 0.0157. The predicted octanol–water partition coefficient (Wildman–Crippen LogP) is 3.28. The first-order valence-electron chi connectivity index (χ1n) is 6.02. The van der Waals surface area contributed by atoms with Gasteiger partial charge in [-0.05, 0) is 42.5 Å². The summed E-state index contributed by atoms with van der Waals surface area (Å²) in [7, 11) is 0. The number of hydrogen-bond acceptors (Lipinski definition) is 2. The monoisotopic (exact) mass is 229 g/mol. The lowest BCUT2D eigenvalue weighted by Gasteiger charge is -2.27. The van der Waals surface area contributed by atoms with E-state index in [0.717, 1.165) is 17.3 Å². The third-order valence-corrected chi connectivity index (χ3v) is 3.19. The summed E-state index contributed by atoms with van der Waals surface area (Å²) in [6.45, 7) is 6.17. The molecule has 1 heterocycles. The van der Waals surface area contributed by atoms with Gasteiger partial charge in [0.05, 0.1) is 11.6 Å². The third kappa shape index (κ3) is 2.64. The topological polar surface area (TPSA) is 33.1 Å². The molecule has 1 aromatic carbocycles. The minimum atomic E-state index is -0.283. The average molecular weight is 229 g/mol. The van der Waals surface area contributed by atoms with Crippen LogP contribution in [-0.4, -0.2) is 16.2 Å². The van der Waals surface area contributed by atoms with Crippen LogP contribution in [0.15, 0.2) is 36.5 Å². The highest BCUT2D eigenvalue weighted by atomic mass is 16.3. The van der Waals surface area contributed by atoms with E-state index in [-0.39, 0.29) is 11.5 Å². The van der Waals surface area contributed by atoms with Crippen LogP contribution < -0.4 is 0 Å². The predicted molar refractivity (Wildman–Crippen MR) is 71.1 cm³/mol. The summed E-state index contributed by atoms with van der Waals surface area (Å²) in [6.07, 6.45) is 2.29. The van der Waals surface area contributed by atoms with Gasteiger partial charge in [-0.15, -0.1) is 0 Å². The van der Waals surface area contributed by atoms with Crippen LogP contribution in [0, 0.1) is 0 Å². The molecule has 0 aliphatic rings. The SMILES string of the molecule is CC(O)CC(C)(C)c1ccc2ncccc2c1. The van der Waals surface area contributed by atoms with Gasteiger partial charge in [-0.3, -0.25) is 4.98 Å². The van der Waals surface area contributed by atoms with Gasteiger partial charge in [-0.25, -0.2) is 0 Å². The summed E-state index contributed by atoms with van der Waals surface area (Å²) in [5.41, 5.74) is 2.25. The Morgan fingerprint density at radius 2 is 2.06 bits per heavy atom. The number of hydrogen-bond donors (Lipinski definition) is 1. The standard InChI is InChI=1S/C15H19NO/c1-11(17)10-15(2,3)13-6-7-14-12(9-13)5-4-8-16-14/h4-9,11,17H,10H2,1-3H3. The van der Waals surface area contributed by atoms with Gasteiger partial charge in [0.1, 0.15) is 0 Å². The van der Waals surface area contributed by atoms with Crippen LogP contribution >= 0.6 is 0 Å². The largest absolute Gasteiger partial charge is 0.393 e. The zero-order valence-electron chi connectivity index (χ0n) is 10.6. The van der Waals surface area contributed by atoms with Crippen molar-refractivity contribution >= 4 is 10.9 Å². The Morgan fingerprint density at radius 1 is 1.29 bits per heavy atom. The van der Waals surface area contributed by atoms with Crippen molar-refractivity contribution in [2.24, 2.45) is 0 Å². The molecule has 0 fully saturated rings. The summed E-state index contributed by atoms with van der Waals surface area (Å²) < 4.78 is 0. The summed E-state index contributed by atoms with van der Waals surface area (Å²) in [5, 5.41) is 10.7. The lowest BCUT2D eigenvalue weighted by atomic mass is 9.79. The smallest absolute Gasteiger partial charge is 0.0702 e. The molecule has 2 aromatic rings. The minimum Gasteiger partial charge on any atom is -0.393 e. The van der Waals surface area contributed by atoms with E-state index >= 15 is 0 Å². The van der Waals surface area contributed by atoms with Gasteiger partial charge < -0.3 is 5.11 Å². The Balaban J connectivity index is 2.42. The molecular formula is C15H19NO. The van der Waals surface area contributed by atoms with E-state index in [0.29, 0.717) is 0 Å². The van der Waals surface area contributed by atoms with Gasteiger partial charge in [0.25, 0.3) is 0 Å². The summed E-state index contributed by atoms with van der Waals surface area (Å²) in [4.78, 5) is 4.32. The molecule has 0 saturated carbocycles. The van der Waals surface area contributed by atoms with Crippen LogP contribution in [-0.2, 0) is 5.41 Å². The summed E-state index contributed by atoms with van der Waals surface area (Å²) in [5.74, 6) is 0. The molecule has 0 radical (unpaired) electrons. The molecule has 0 saturated heterocycles. The van der Waals surface area contributed by atoms with Crippen molar-refractivity contribution in [3.63, 3.8) is 0 Å². The Bertz CT molecular complexity index is 517. The lowest BCUT2D eigenvalue weighted by Crippen LogP contribution is -2.22. The van der Waals surface area contributed by atoms with Gasteiger partial charge in [0, 0.05) is 11.6 Å². The molecule has 17 heavy (non-hydrogen) atoms. The molecule has 0 amide bonds. The molecule has 1 atom stereocenters. The molecule has 90 valence electrons. The molecule has 0 aliphatic carbocycles. The van der Waals surface area contributed by atoms with Crippen molar-refractivity contribution in [3.05, 3.63) is 42.1 Å². The van der Waals surface area contributed by atoms with E-state index in [1.54, 1.807) is 0 Å². The van der Waals surface area contributed by atoms with E-state index in [1.165, 1.54) is 5.56 Å². The fraction of sp³-hybridized carbons (Fsp3) is 0.400. The molecule has 0 spiro atoms. The Labute approximate surface area is 102 Å².